The van der Waals surface area contributed by atoms with Crippen molar-refractivity contribution in [2.45, 2.75) is 6.92 Å². The standard InChI is InChI=1S/C23H21IN2O7S/c1-3-32-20(28)13-33-21-16(24)9-14(10-17(21)31-2)11-18-22(29)26(23(30)34-18)12-19(27)25-15-7-5-4-6-8-15/h4-11H,3,12-13H2,1-2H3,(H,25,27)/b18-11+. The first-order valence-electron chi connectivity index (χ1n) is 10.1. The summed E-state index contributed by atoms with van der Waals surface area (Å²) < 4.78 is 16.4. The van der Waals surface area contributed by atoms with E-state index in [2.05, 4.69) is 5.32 Å². The van der Waals surface area contributed by atoms with Crippen molar-refractivity contribution in [2.75, 3.05) is 32.2 Å². The van der Waals surface area contributed by atoms with Crippen molar-refractivity contribution >= 4 is 69.1 Å². The van der Waals surface area contributed by atoms with E-state index in [0.29, 0.717) is 26.3 Å². The number of hydrogen-bond donors (Lipinski definition) is 1. The largest absolute Gasteiger partial charge is 0.493 e. The summed E-state index contributed by atoms with van der Waals surface area (Å²) in [5.74, 6) is -0.832. The fourth-order valence-corrected chi connectivity index (χ4v) is 4.57. The lowest BCUT2D eigenvalue weighted by Crippen LogP contribution is -2.36. The van der Waals surface area contributed by atoms with Gasteiger partial charge in [-0.3, -0.25) is 19.3 Å². The van der Waals surface area contributed by atoms with Gasteiger partial charge in [0, 0.05) is 5.69 Å². The number of nitrogens with one attached hydrogen (secondary N) is 1. The third-order valence-corrected chi connectivity index (χ3v) is 6.13. The molecule has 34 heavy (non-hydrogen) atoms. The van der Waals surface area contributed by atoms with E-state index in [9.17, 15) is 19.2 Å². The van der Waals surface area contributed by atoms with Crippen molar-refractivity contribution in [3.8, 4) is 11.5 Å². The first kappa shape index (κ1) is 25.6. The number of nitrogens with zero attached hydrogens (tertiary/aromatic N) is 1. The van der Waals surface area contributed by atoms with Crippen molar-refractivity contribution < 1.29 is 33.4 Å². The molecule has 3 rings (SSSR count). The molecule has 0 unspecified atom stereocenters. The average molecular weight is 596 g/mol. The molecular weight excluding hydrogens is 575 g/mol. The van der Waals surface area contributed by atoms with Crippen LogP contribution >= 0.6 is 34.4 Å². The number of thioether (sulfide) groups is 1. The molecule has 178 valence electrons. The van der Waals surface area contributed by atoms with Crippen LogP contribution in [0.25, 0.3) is 6.08 Å². The SMILES string of the molecule is CCOC(=O)COc1c(I)cc(/C=C2/SC(=O)N(CC(=O)Nc3ccccc3)C2=O)cc1OC. The van der Waals surface area contributed by atoms with Crippen LogP contribution in [0.4, 0.5) is 10.5 Å². The first-order valence-corrected chi connectivity index (χ1v) is 12.0. The lowest BCUT2D eigenvalue weighted by atomic mass is 10.2. The lowest BCUT2D eigenvalue weighted by molar-refractivity contribution is -0.145. The van der Waals surface area contributed by atoms with E-state index in [1.54, 1.807) is 49.4 Å². The van der Waals surface area contributed by atoms with E-state index in [-0.39, 0.29) is 18.1 Å². The number of carbonyl (C=O) groups is 4. The maximum atomic E-state index is 12.8. The van der Waals surface area contributed by atoms with Crippen LogP contribution in [0.2, 0.25) is 0 Å². The molecule has 9 nitrogen and oxygen atoms in total. The average Bonchev–Trinajstić information content (AvgIpc) is 3.06. The maximum Gasteiger partial charge on any atom is 0.344 e. The Morgan fingerprint density at radius 3 is 2.59 bits per heavy atom. The van der Waals surface area contributed by atoms with Crippen LogP contribution in [0.5, 0.6) is 11.5 Å². The predicted molar refractivity (Wildman–Crippen MR) is 136 cm³/mol. The summed E-state index contributed by atoms with van der Waals surface area (Å²) in [7, 11) is 1.45. The van der Waals surface area contributed by atoms with Gasteiger partial charge in [-0.25, -0.2) is 4.79 Å². The van der Waals surface area contributed by atoms with Gasteiger partial charge >= 0.3 is 5.97 Å². The van der Waals surface area contributed by atoms with Gasteiger partial charge in [-0.05, 0) is 77.2 Å². The number of imide groups is 1. The number of halogens is 1. The van der Waals surface area contributed by atoms with Gasteiger partial charge in [-0.1, -0.05) is 18.2 Å². The van der Waals surface area contributed by atoms with Gasteiger partial charge in [0.2, 0.25) is 5.91 Å². The second-order valence-electron chi connectivity index (χ2n) is 6.81. The topological polar surface area (TPSA) is 111 Å². The van der Waals surface area contributed by atoms with Gasteiger partial charge in [0.1, 0.15) is 6.54 Å². The molecule has 0 aliphatic carbocycles. The zero-order valence-corrected chi connectivity index (χ0v) is 21.3. The quantitative estimate of drug-likeness (QED) is 0.264. The van der Waals surface area contributed by atoms with Crippen LogP contribution in [0, 0.1) is 3.57 Å². The number of esters is 1. The van der Waals surface area contributed by atoms with Crippen molar-refractivity contribution in [3.63, 3.8) is 0 Å². The van der Waals surface area contributed by atoms with Gasteiger partial charge in [-0.2, -0.15) is 0 Å². The highest BCUT2D eigenvalue weighted by Gasteiger charge is 2.36. The molecule has 0 radical (unpaired) electrons. The molecular formula is C23H21IN2O7S. The van der Waals surface area contributed by atoms with Crippen LogP contribution in [0.3, 0.4) is 0 Å². The Morgan fingerprint density at radius 1 is 1.18 bits per heavy atom. The number of hydrogen-bond acceptors (Lipinski definition) is 8. The molecule has 0 bridgehead atoms. The molecule has 1 fully saturated rings. The minimum absolute atomic E-state index is 0.176. The summed E-state index contributed by atoms with van der Waals surface area (Å²) in [6.07, 6.45) is 1.54. The third kappa shape index (κ3) is 6.50. The number of anilines is 1. The molecule has 2 aromatic rings. The molecule has 0 aromatic heterocycles. The van der Waals surface area contributed by atoms with Gasteiger partial charge in [0.25, 0.3) is 11.1 Å². The number of amides is 3. The summed E-state index contributed by atoms with van der Waals surface area (Å²) in [4.78, 5) is 50.1. The van der Waals surface area contributed by atoms with Crippen LogP contribution in [-0.2, 0) is 19.1 Å². The van der Waals surface area contributed by atoms with Crippen molar-refractivity contribution in [3.05, 3.63) is 56.5 Å². The van der Waals surface area contributed by atoms with Crippen molar-refractivity contribution in [1.82, 2.24) is 4.90 Å². The number of benzene rings is 2. The highest BCUT2D eigenvalue weighted by Crippen LogP contribution is 2.37. The normalized spacial score (nSPS) is 14.3. The van der Waals surface area contributed by atoms with Crippen LogP contribution in [0.15, 0.2) is 47.4 Å². The van der Waals surface area contributed by atoms with Crippen molar-refractivity contribution in [2.24, 2.45) is 0 Å². The Kier molecular flexibility index (Phi) is 8.93. The molecule has 2 aromatic carbocycles. The monoisotopic (exact) mass is 596 g/mol. The van der Waals surface area contributed by atoms with Crippen LogP contribution in [0.1, 0.15) is 12.5 Å². The summed E-state index contributed by atoms with van der Waals surface area (Å²) >= 11 is 2.77. The maximum absolute atomic E-state index is 12.8. The molecule has 1 aliphatic heterocycles. The zero-order valence-electron chi connectivity index (χ0n) is 18.3. The van der Waals surface area contributed by atoms with Gasteiger partial charge in [0.05, 0.1) is 22.2 Å². The fraction of sp³-hybridized carbons (Fsp3) is 0.217. The Balaban J connectivity index is 1.73. The van der Waals surface area contributed by atoms with Crippen molar-refractivity contribution in [1.29, 1.82) is 0 Å². The lowest BCUT2D eigenvalue weighted by Gasteiger charge is -2.13. The first-order chi connectivity index (χ1) is 16.3. The number of rotatable bonds is 9. The molecule has 1 N–H and O–H groups in total. The van der Waals surface area contributed by atoms with E-state index >= 15 is 0 Å². The Hall–Kier alpha value is -3.06. The Labute approximate surface area is 213 Å². The third-order valence-electron chi connectivity index (χ3n) is 4.42. The smallest absolute Gasteiger partial charge is 0.344 e. The second kappa shape index (κ2) is 11.9. The second-order valence-corrected chi connectivity index (χ2v) is 8.97. The Bertz CT molecular complexity index is 1140. The highest BCUT2D eigenvalue weighted by atomic mass is 127. The van der Waals surface area contributed by atoms with Gasteiger partial charge < -0.3 is 19.5 Å². The number of para-hydroxylation sites is 1. The molecule has 1 aliphatic rings. The van der Waals surface area contributed by atoms with E-state index in [1.807, 2.05) is 28.7 Å². The number of methoxy groups -OCH3 is 1. The molecule has 1 saturated heterocycles. The van der Waals surface area contributed by atoms with E-state index in [4.69, 9.17) is 14.2 Å². The number of carbonyl (C=O) groups excluding carboxylic acids is 4. The molecule has 0 spiro atoms. The molecule has 0 atom stereocenters. The predicted octanol–water partition coefficient (Wildman–Crippen LogP) is 3.92. The highest BCUT2D eigenvalue weighted by molar-refractivity contribution is 14.1. The summed E-state index contributed by atoms with van der Waals surface area (Å²) in [5.41, 5.74) is 1.16. The fourth-order valence-electron chi connectivity index (χ4n) is 2.95. The minimum Gasteiger partial charge on any atom is -0.493 e. The minimum atomic E-state index is -0.560. The van der Waals surface area contributed by atoms with E-state index in [0.717, 1.165) is 16.7 Å². The summed E-state index contributed by atoms with van der Waals surface area (Å²) in [6, 6.07) is 12.1. The van der Waals surface area contributed by atoms with Gasteiger partial charge in [0.15, 0.2) is 18.1 Å². The van der Waals surface area contributed by atoms with Crippen LogP contribution < -0.4 is 14.8 Å². The number of ether oxygens (including phenoxy) is 3. The van der Waals surface area contributed by atoms with Gasteiger partial charge in [-0.15, -0.1) is 0 Å². The van der Waals surface area contributed by atoms with E-state index in [1.165, 1.54) is 7.11 Å². The summed E-state index contributed by atoms with van der Waals surface area (Å²) in [6.45, 7) is 1.29. The van der Waals surface area contributed by atoms with E-state index < -0.39 is 29.6 Å². The summed E-state index contributed by atoms with van der Waals surface area (Å²) in [5, 5.41) is 2.12. The Morgan fingerprint density at radius 2 is 1.91 bits per heavy atom. The molecule has 3 amide bonds. The van der Waals surface area contributed by atoms with Crippen LogP contribution in [-0.4, -0.2) is 54.8 Å². The molecule has 1 heterocycles. The zero-order chi connectivity index (χ0) is 24.7. The molecule has 0 saturated carbocycles. The molecule has 11 heteroatoms.